The lowest BCUT2D eigenvalue weighted by molar-refractivity contribution is -0.244. The summed E-state index contributed by atoms with van der Waals surface area (Å²) < 4.78 is 44.5. The number of carboxylic acid groups (broad SMARTS) is 1. The number of carbonyl (C=O) groups is 7. The van der Waals surface area contributed by atoms with Crippen LogP contribution in [0.2, 0.25) is 0 Å². The number of methoxy groups -OCH3 is 3. The van der Waals surface area contributed by atoms with Crippen LogP contribution in [0, 0.1) is 17.8 Å². The van der Waals surface area contributed by atoms with Crippen LogP contribution in [0.4, 0.5) is 0 Å². The molecule has 4 unspecified atom stereocenters. The molecule has 4 heterocycles. The van der Waals surface area contributed by atoms with E-state index in [4.69, 9.17) is 72.7 Å². The van der Waals surface area contributed by atoms with E-state index >= 15 is 0 Å². The number of esters is 2. The minimum absolute atomic E-state index is 0.000553. The molecular weight excluding hydrogens is 1270 g/mol. The third-order valence-electron chi connectivity index (χ3n) is 18.0. The number of hydrogen-bond acceptors (Lipinski definition) is 15. The SMILES string of the molecule is COc1ccc(CN(C(=O)[C@@H](CCCl)C(C)=O)[C@@H](COCc2ccccc2)C(=O)O)cc1.COc1ccc(CN2C(=O)C(CCCl)[C@@]3(C)OC(=O)C23COCc2ccccc2)cc1.COc1ccc(CN2C(=O)C(CCCl)[C@]3(C)OC(=O)C23COCc2ccccc2)cc1. The van der Waals surface area contributed by atoms with Crippen LogP contribution >= 0.6 is 34.8 Å². The number of aliphatic carboxylic acids is 1. The highest BCUT2D eigenvalue weighted by Gasteiger charge is 2.81. The van der Waals surface area contributed by atoms with Crippen LogP contribution in [-0.4, -0.2) is 148 Å². The van der Waals surface area contributed by atoms with E-state index in [0.29, 0.717) is 49.1 Å². The average molecular weight is 1350 g/mol. The van der Waals surface area contributed by atoms with Gasteiger partial charge in [0.25, 0.3) is 0 Å². The van der Waals surface area contributed by atoms with Gasteiger partial charge in [0.15, 0.2) is 17.2 Å². The highest BCUT2D eigenvalue weighted by atomic mass is 35.5. The molecule has 6 aromatic carbocycles. The summed E-state index contributed by atoms with van der Waals surface area (Å²) in [5.74, 6) is -2.47. The first kappa shape index (κ1) is 71.8. The van der Waals surface area contributed by atoms with Crippen molar-refractivity contribution in [2.75, 3.05) is 58.8 Å². The lowest BCUT2D eigenvalue weighted by atomic mass is 9.71. The molecule has 0 saturated carbocycles. The van der Waals surface area contributed by atoms with E-state index in [9.17, 15) is 38.7 Å². The van der Waals surface area contributed by atoms with Crippen LogP contribution in [-0.2, 0) is 96.7 Å². The Kier molecular flexibility index (Phi) is 25.1. The normalized spacial score (nSPS) is 22.1. The monoisotopic (exact) mass is 1350 g/mol. The second-order valence-corrected chi connectivity index (χ2v) is 24.7. The fourth-order valence-electron chi connectivity index (χ4n) is 12.6. The number of carbonyl (C=O) groups excluding carboxylic acids is 6. The smallest absolute Gasteiger partial charge is 0.339 e. The van der Waals surface area contributed by atoms with Crippen molar-refractivity contribution in [3.05, 3.63) is 197 Å². The third-order valence-corrected chi connectivity index (χ3v) is 18.6. The number of halogens is 3. The fraction of sp³-hybridized carbons (Fsp3) is 0.403. The molecule has 3 amide bonds. The van der Waals surface area contributed by atoms with Crippen molar-refractivity contribution in [2.24, 2.45) is 17.8 Å². The van der Waals surface area contributed by atoms with E-state index in [0.717, 1.165) is 39.3 Å². The van der Waals surface area contributed by atoms with Gasteiger partial charge in [-0.3, -0.25) is 19.2 Å². The number of carboxylic acids is 1. The Morgan fingerprint density at radius 2 is 0.883 bits per heavy atom. The van der Waals surface area contributed by atoms with Crippen molar-refractivity contribution in [1.82, 2.24) is 14.7 Å². The van der Waals surface area contributed by atoms with Crippen molar-refractivity contribution in [2.45, 2.75) is 108 Å². The van der Waals surface area contributed by atoms with Crippen LogP contribution in [0.5, 0.6) is 17.2 Å². The maximum absolute atomic E-state index is 13.4. The molecule has 4 aliphatic heterocycles. The van der Waals surface area contributed by atoms with E-state index in [2.05, 4.69) is 0 Å². The van der Waals surface area contributed by atoms with Gasteiger partial charge in [0.05, 0.1) is 78.7 Å². The van der Waals surface area contributed by atoms with Crippen LogP contribution in [0.25, 0.3) is 0 Å². The molecule has 4 saturated heterocycles. The molecular formula is C72H80Cl3N3O16. The van der Waals surface area contributed by atoms with Crippen molar-refractivity contribution >= 4 is 76.2 Å². The van der Waals surface area contributed by atoms with E-state index in [-0.39, 0.29) is 76.0 Å². The van der Waals surface area contributed by atoms with Gasteiger partial charge in [-0.25, -0.2) is 14.4 Å². The second-order valence-electron chi connectivity index (χ2n) is 23.6. The standard InChI is InChI=1S/C24H28ClNO6.2C24H26ClNO5/c1-17(27)21(12-13-25)23(28)26(14-18-8-10-20(31-2)11-9-18)22(24(29)30)16-32-15-19-6-4-3-5-7-19;2*1-23-20(12-13-25)21(27)26(14-17-8-10-19(29-2)11-9-17)24(23,22(28)31-23)16-30-15-18-6-4-3-5-7-18/h3-11,21-22H,12-16H2,1-2H3,(H,29,30);2*3-11,20H,12-16H2,1-2H3/t21-,22-;2*20?,23-,24?/m010/s1. The van der Waals surface area contributed by atoms with Crippen molar-refractivity contribution in [3.8, 4) is 17.2 Å². The Hall–Kier alpha value is -8.04. The quantitative estimate of drug-likeness (QED) is 0.0243. The molecule has 4 fully saturated rings. The highest BCUT2D eigenvalue weighted by molar-refractivity contribution is 6.19. The van der Waals surface area contributed by atoms with Crippen LogP contribution < -0.4 is 14.2 Å². The number of fused-ring (bicyclic) bond motifs is 2. The molecule has 8 atom stereocenters. The Morgan fingerprint density at radius 3 is 1.20 bits per heavy atom. The molecule has 10 rings (SSSR count). The highest BCUT2D eigenvalue weighted by Crippen LogP contribution is 2.57. The average Bonchev–Trinajstić information content (AvgIpc) is 1.51. The zero-order valence-electron chi connectivity index (χ0n) is 53.6. The van der Waals surface area contributed by atoms with Gasteiger partial charge in [0, 0.05) is 37.3 Å². The first-order valence-corrected chi connectivity index (χ1v) is 32.4. The number of hydrogen-bond donors (Lipinski definition) is 1. The van der Waals surface area contributed by atoms with Gasteiger partial charge in [-0.05, 0) is 110 Å². The summed E-state index contributed by atoms with van der Waals surface area (Å²) in [5.41, 5.74) is 1.07. The first-order chi connectivity index (χ1) is 45.3. The zero-order valence-corrected chi connectivity index (χ0v) is 55.8. The summed E-state index contributed by atoms with van der Waals surface area (Å²) in [6.07, 6.45) is 0.999. The van der Waals surface area contributed by atoms with Gasteiger partial charge in [-0.1, -0.05) is 127 Å². The Bertz CT molecular complexity index is 3360. The van der Waals surface area contributed by atoms with Gasteiger partial charge in [-0.2, -0.15) is 0 Å². The molecule has 1 N–H and O–H groups in total. The maximum Gasteiger partial charge on any atom is 0.339 e. The minimum atomic E-state index is -1.27. The molecule has 94 heavy (non-hydrogen) atoms. The van der Waals surface area contributed by atoms with Gasteiger partial charge in [0.1, 0.15) is 23.0 Å². The number of ketones is 1. The number of alkyl halides is 3. The van der Waals surface area contributed by atoms with E-state index in [1.54, 1.807) is 55.4 Å². The lowest BCUT2D eigenvalue weighted by Gasteiger charge is -2.53. The van der Waals surface area contributed by atoms with Crippen LogP contribution in [0.15, 0.2) is 164 Å². The molecule has 6 aromatic rings. The molecule has 0 aromatic heterocycles. The number of benzene rings is 6. The lowest BCUT2D eigenvalue weighted by Crippen LogP contribution is -2.76. The molecule has 0 radical (unpaired) electrons. The van der Waals surface area contributed by atoms with E-state index < -0.39 is 69.9 Å². The van der Waals surface area contributed by atoms with Gasteiger partial charge >= 0.3 is 17.9 Å². The van der Waals surface area contributed by atoms with Crippen LogP contribution in [0.3, 0.4) is 0 Å². The van der Waals surface area contributed by atoms with Crippen molar-refractivity contribution < 1.29 is 76.6 Å². The van der Waals surface area contributed by atoms with E-state index in [1.165, 1.54) is 11.8 Å². The third kappa shape index (κ3) is 15.5. The number of likely N-dealkylation sites (tertiary alicyclic amines) is 2. The minimum Gasteiger partial charge on any atom is -0.497 e. The number of nitrogens with zero attached hydrogens (tertiary/aromatic N) is 3. The van der Waals surface area contributed by atoms with Crippen molar-refractivity contribution in [1.29, 1.82) is 0 Å². The van der Waals surface area contributed by atoms with E-state index in [1.807, 2.05) is 153 Å². The second kappa shape index (κ2) is 32.9. The first-order valence-electron chi connectivity index (χ1n) is 30.8. The van der Waals surface area contributed by atoms with Gasteiger partial charge < -0.3 is 57.7 Å². The summed E-state index contributed by atoms with van der Waals surface area (Å²) >= 11 is 17.8. The number of amides is 3. The predicted molar refractivity (Wildman–Crippen MR) is 352 cm³/mol. The molecule has 4 aliphatic rings. The number of Topliss-reactive ketones (excluding diaryl/α,β-unsaturated/α-hetero) is 1. The van der Waals surface area contributed by atoms with Gasteiger partial charge in [0.2, 0.25) is 28.8 Å². The predicted octanol–water partition coefficient (Wildman–Crippen LogP) is 10.6. The molecule has 500 valence electrons. The molecule has 0 spiro atoms. The van der Waals surface area contributed by atoms with Gasteiger partial charge in [-0.15, -0.1) is 34.8 Å². The fourth-order valence-corrected chi connectivity index (χ4v) is 13.2. The Morgan fingerprint density at radius 1 is 0.521 bits per heavy atom. The number of rotatable bonds is 31. The summed E-state index contributed by atoms with van der Waals surface area (Å²) in [4.78, 5) is 94.7. The summed E-state index contributed by atoms with van der Waals surface area (Å²) in [7, 11) is 4.74. The topological polar surface area (TPSA) is 223 Å². The molecule has 22 heteroatoms. The molecule has 0 aliphatic carbocycles. The largest absolute Gasteiger partial charge is 0.497 e. The molecule has 0 bridgehead atoms. The number of ether oxygens (including phenoxy) is 8. The van der Waals surface area contributed by atoms with Crippen LogP contribution in [0.1, 0.15) is 73.4 Å². The maximum atomic E-state index is 13.4. The zero-order chi connectivity index (χ0) is 67.6. The Balaban J connectivity index is 0.000000181. The van der Waals surface area contributed by atoms with Crippen molar-refractivity contribution in [3.63, 3.8) is 0 Å². The summed E-state index contributed by atoms with van der Waals surface area (Å²) in [6.45, 7) is 6.31. The Labute approximate surface area is 563 Å². The summed E-state index contributed by atoms with van der Waals surface area (Å²) in [6, 6.07) is 49.3. The molecule has 19 nitrogen and oxygen atoms in total. The summed E-state index contributed by atoms with van der Waals surface area (Å²) in [5, 5.41) is 9.90.